The number of sulfone groups is 2. The molecule has 8 fully saturated rings. The second-order valence-corrected chi connectivity index (χ2v) is 36.6. The third kappa shape index (κ3) is 14.6. The van der Waals surface area contributed by atoms with Gasteiger partial charge in [0.2, 0.25) is 23.6 Å². The Bertz CT molecular complexity index is 3920. The van der Waals surface area contributed by atoms with Gasteiger partial charge >= 0.3 is 0 Å². The van der Waals surface area contributed by atoms with Gasteiger partial charge in [0.15, 0.2) is 19.7 Å². The molecule has 4 bridgehead atoms. The average Bonchev–Trinajstić information content (AvgIpc) is 1.61. The number of rotatable bonds is 15. The van der Waals surface area contributed by atoms with Crippen molar-refractivity contribution in [1.82, 2.24) is 39.8 Å². The Morgan fingerprint density at radius 3 is 1.31 bits per heavy atom. The highest BCUT2D eigenvalue weighted by atomic mass is 35.5. The normalized spacial score (nSPS) is 24.3. The van der Waals surface area contributed by atoms with Gasteiger partial charge in [0.05, 0.1) is 45.2 Å². The molecular weight excluding hydrogens is 1270 g/mol. The number of nitrogens with one attached hydrogen (secondary N) is 3. The summed E-state index contributed by atoms with van der Waals surface area (Å²) in [5.74, 6) is 2.52. The molecule has 0 aliphatic carbocycles. The third-order valence-corrected chi connectivity index (χ3v) is 27.9. The number of fused-ring (bicyclic) bond motifs is 6. The van der Waals surface area contributed by atoms with E-state index in [1.807, 2.05) is 0 Å². The number of likely N-dealkylation sites (tertiary alicyclic amines) is 1. The van der Waals surface area contributed by atoms with Crippen molar-refractivity contribution in [3.63, 3.8) is 0 Å². The van der Waals surface area contributed by atoms with Crippen molar-refractivity contribution in [3.8, 4) is 22.5 Å². The summed E-state index contributed by atoms with van der Waals surface area (Å²) in [4.78, 5) is 74.8. The minimum atomic E-state index is -3.00. The first-order valence-corrected chi connectivity index (χ1v) is 40.1. The lowest BCUT2D eigenvalue weighted by molar-refractivity contribution is -0.138. The van der Waals surface area contributed by atoms with Gasteiger partial charge < -0.3 is 39.8 Å². The quantitative estimate of drug-likeness (QED) is 0.0832. The van der Waals surface area contributed by atoms with Crippen LogP contribution in [0, 0.1) is 39.5 Å². The zero-order valence-electron chi connectivity index (χ0n) is 55.9. The standard InChI is InChI=1S/C36H48N4O4S2.C26H31ClN2OS.C10H18N2O3S/c1-23-17-24(2)19-26(18-23)33-29(10-12-38-11-9-25(22-38)20-32(41)39-13-15-46(43,44)16-14-39)30-21-31(45-34(30)37-33)36(3,4)35(42)40-27-5-6-28(40)8-7-27;1-15-11-16(2)13-17(12-15)23-20(9-10-27)21-14-22(31-24(21)28-23)26(3,4)25(30)29-18-5-6-19(29)8-7-18;13-10(7-9-1-2-11-8-9)12-3-5-16(14,15)6-4-12/h17-19,21,25,27-28,37H,5-16,20,22H2,1-4H3;11-14,18-19,28H,5-10H2,1-4H3;9,11H,1-8H2. The number of hydrogen-bond acceptors (Lipinski definition) is 12. The molecule has 504 valence electrons. The lowest BCUT2D eigenvalue weighted by atomic mass is 9.88. The molecule has 0 spiro atoms. The molecule has 2 atom stereocenters. The Kier molecular flexibility index (Phi) is 20.0. The van der Waals surface area contributed by atoms with Gasteiger partial charge in [-0.3, -0.25) is 19.2 Å². The van der Waals surface area contributed by atoms with E-state index in [9.17, 15) is 36.0 Å². The van der Waals surface area contributed by atoms with Crippen molar-refractivity contribution in [2.45, 2.75) is 180 Å². The topological polar surface area (TPSA) is 196 Å². The predicted octanol–water partition coefficient (Wildman–Crippen LogP) is 11.4. The number of aromatic nitrogens is 2. The van der Waals surface area contributed by atoms with Crippen LogP contribution in [-0.4, -0.2) is 187 Å². The highest BCUT2D eigenvalue weighted by Crippen LogP contribution is 2.47. The van der Waals surface area contributed by atoms with E-state index >= 15 is 0 Å². The Morgan fingerprint density at radius 2 is 0.925 bits per heavy atom. The summed E-state index contributed by atoms with van der Waals surface area (Å²) in [6, 6.07) is 19.7. The largest absolute Gasteiger partial charge is 0.346 e. The van der Waals surface area contributed by atoms with Crippen LogP contribution in [-0.2, 0) is 62.5 Å². The number of aromatic amines is 2. The summed E-state index contributed by atoms with van der Waals surface area (Å²) >= 11 is 9.68. The fourth-order valence-electron chi connectivity index (χ4n) is 16.5. The van der Waals surface area contributed by atoms with Crippen molar-refractivity contribution in [2.75, 3.05) is 87.8 Å². The fraction of sp³-hybridized carbons (Fsp3) is 0.611. The molecule has 2 aromatic carbocycles. The van der Waals surface area contributed by atoms with Crippen molar-refractivity contribution in [1.29, 1.82) is 0 Å². The molecule has 2 unspecified atom stereocenters. The van der Waals surface area contributed by atoms with Crippen molar-refractivity contribution in [2.24, 2.45) is 11.8 Å². The van der Waals surface area contributed by atoms with Gasteiger partial charge in [0, 0.05) is 103 Å². The summed E-state index contributed by atoms with van der Waals surface area (Å²) in [5, 5.41) is 5.68. The van der Waals surface area contributed by atoms with Crippen LogP contribution < -0.4 is 5.32 Å². The number of carbonyl (C=O) groups is 4. The lowest BCUT2D eigenvalue weighted by Gasteiger charge is -2.31. The van der Waals surface area contributed by atoms with Crippen LogP contribution in [0.5, 0.6) is 0 Å². The number of alkyl halides is 1. The monoisotopic (exact) mass is 1360 g/mol. The van der Waals surface area contributed by atoms with E-state index in [0.29, 0.717) is 86.8 Å². The summed E-state index contributed by atoms with van der Waals surface area (Å²) in [6.45, 7) is 23.1. The first kappa shape index (κ1) is 67.9. The zero-order chi connectivity index (χ0) is 65.9. The van der Waals surface area contributed by atoms with Crippen LogP contribution in [0.3, 0.4) is 0 Å². The molecule has 4 aromatic heterocycles. The van der Waals surface area contributed by atoms with Gasteiger partial charge in [0.25, 0.3) is 0 Å². The van der Waals surface area contributed by atoms with Crippen LogP contribution in [0.4, 0.5) is 0 Å². The van der Waals surface area contributed by atoms with E-state index in [-0.39, 0.29) is 40.7 Å². The number of benzene rings is 2. The number of nitrogens with zero attached hydrogens (tertiary/aromatic N) is 5. The molecule has 93 heavy (non-hydrogen) atoms. The first-order chi connectivity index (χ1) is 44.2. The van der Waals surface area contributed by atoms with E-state index in [2.05, 4.69) is 134 Å². The molecule has 8 saturated heterocycles. The highest BCUT2D eigenvalue weighted by molar-refractivity contribution is 7.91. The van der Waals surface area contributed by atoms with Crippen LogP contribution >= 0.6 is 34.3 Å². The number of aryl methyl sites for hydroxylation is 5. The number of carbonyl (C=O) groups excluding carboxylic acids is 4. The summed E-state index contributed by atoms with van der Waals surface area (Å²) < 4.78 is 46.0. The van der Waals surface area contributed by atoms with E-state index in [1.165, 1.54) is 92.4 Å². The number of amides is 4. The Labute approximate surface area is 564 Å². The lowest BCUT2D eigenvalue weighted by Crippen LogP contribution is -2.45. The molecule has 8 aliphatic rings. The molecule has 3 N–H and O–H groups in total. The molecule has 0 radical (unpaired) electrons. The summed E-state index contributed by atoms with van der Waals surface area (Å²) in [5.41, 5.74) is 11.3. The molecular formula is C72H97ClN8O8S4. The minimum Gasteiger partial charge on any atom is -0.346 e. The zero-order valence-corrected chi connectivity index (χ0v) is 59.9. The van der Waals surface area contributed by atoms with Crippen LogP contribution in [0.2, 0.25) is 0 Å². The Morgan fingerprint density at radius 1 is 0.527 bits per heavy atom. The van der Waals surface area contributed by atoms with Gasteiger partial charge in [-0.25, -0.2) is 16.8 Å². The molecule has 8 aliphatic heterocycles. The van der Waals surface area contributed by atoms with E-state index < -0.39 is 30.5 Å². The SMILES string of the molecule is Cc1cc(C)cc(-c2[nH]c3sc(C(C)(C)C(=O)N4C5CCC4CC5)cc3c2CCCl)c1.Cc1cc(C)cc(-c2[nH]c3sc(C(C)(C)C(=O)N4C5CCC4CC5)cc3c2CCN2CCC(CC(=O)N3CCS(=O)(=O)CC3)C2)c1.O=C(CC1CCNC1)N1CCS(=O)(=O)CC1. The molecule has 4 amide bonds. The summed E-state index contributed by atoms with van der Waals surface area (Å²) in [7, 11) is -5.88. The van der Waals surface area contributed by atoms with E-state index in [0.717, 1.165) is 104 Å². The van der Waals surface area contributed by atoms with Crippen LogP contribution in [0.25, 0.3) is 42.9 Å². The molecule has 14 rings (SSSR count). The first-order valence-electron chi connectivity index (χ1n) is 34.3. The smallest absolute Gasteiger partial charge is 0.233 e. The van der Waals surface area contributed by atoms with Gasteiger partial charge in [-0.1, -0.05) is 34.4 Å². The fourth-order valence-corrected chi connectivity index (χ4v) is 21.4. The number of H-pyrrole nitrogens is 2. The number of hydrogen-bond donors (Lipinski definition) is 3. The maximum Gasteiger partial charge on any atom is 0.233 e. The second-order valence-electron chi connectivity index (χ2n) is 29.5. The second kappa shape index (κ2) is 27.4. The summed E-state index contributed by atoms with van der Waals surface area (Å²) in [6.07, 6.45) is 14.1. The van der Waals surface area contributed by atoms with Gasteiger partial charge in [0.1, 0.15) is 9.66 Å². The van der Waals surface area contributed by atoms with Crippen LogP contribution in [0.15, 0.2) is 48.5 Å². The highest BCUT2D eigenvalue weighted by Gasteiger charge is 2.49. The minimum absolute atomic E-state index is 0.0817. The average molecular weight is 1370 g/mol. The van der Waals surface area contributed by atoms with Crippen LogP contribution in [0.1, 0.15) is 148 Å². The number of thiophene rings is 2. The molecule has 0 saturated carbocycles. The van der Waals surface area contributed by atoms with Gasteiger partial charge in [-0.15, -0.1) is 34.3 Å². The molecule has 12 heterocycles. The van der Waals surface area contributed by atoms with Crippen molar-refractivity contribution in [3.05, 3.63) is 91.7 Å². The Hall–Kier alpha value is -5.09. The molecule has 16 nitrogen and oxygen atoms in total. The van der Waals surface area contributed by atoms with Gasteiger partial charge in [-0.2, -0.15) is 0 Å². The van der Waals surface area contributed by atoms with Gasteiger partial charge in [-0.05, 0) is 223 Å². The maximum atomic E-state index is 14.0. The van der Waals surface area contributed by atoms with E-state index in [4.69, 9.17) is 11.6 Å². The molecule has 6 aromatic rings. The van der Waals surface area contributed by atoms with Crippen molar-refractivity contribution < 1.29 is 36.0 Å². The molecule has 21 heteroatoms. The Balaban J connectivity index is 0.000000151. The van der Waals surface area contributed by atoms with Crippen molar-refractivity contribution >= 4 is 98.0 Å². The number of halogens is 1. The maximum absolute atomic E-state index is 14.0. The van der Waals surface area contributed by atoms with E-state index in [1.54, 1.807) is 32.5 Å². The predicted molar refractivity (Wildman–Crippen MR) is 377 cm³/mol. The third-order valence-electron chi connectivity index (χ3n) is 21.8.